The van der Waals surface area contributed by atoms with E-state index in [4.69, 9.17) is 9.47 Å². The highest BCUT2D eigenvalue weighted by Crippen LogP contribution is 2.39. The minimum absolute atomic E-state index is 0.126. The summed E-state index contributed by atoms with van der Waals surface area (Å²) < 4.78 is 12.1. The van der Waals surface area contributed by atoms with Crippen molar-refractivity contribution in [2.24, 2.45) is 4.99 Å². The third-order valence-corrected chi connectivity index (χ3v) is 4.29. The molecule has 0 amide bonds. The molecule has 1 aliphatic heterocycles. The molecule has 1 aromatic carbocycles. The highest BCUT2D eigenvalue weighted by atomic mass is 127. The molecule has 0 bridgehead atoms. The van der Waals surface area contributed by atoms with E-state index in [-0.39, 0.29) is 5.41 Å². The summed E-state index contributed by atoms with van der Waals surface area (Å²) in [6, 6.07) is 4.29. The van der Waals surface area contributed by atoms with Gasteiger partial charge in [0.15, 0.2) is 0 Å². The molecule has 0 saturated carbocycles. The van der Waals surface area contributed by atoms with Gasteiger partial charge in [0, 0.05) is 36.2 Å². The molecule has 5 heteroatoms. The topological polar surface area (TPSA) is 34.1 Å². The average molecular weight is 400 g/mol. The first-order valence-electron chi connectivity index (χ1n) is 6.80. The zero-order chi connectivity index (χ0) is 15.5. The molecule has 0 N–H and O–H groups in total. The van der Waals surface area contributed by atoms with Crippen molar-refractivity contribution in [1.82, 2.24) is 0 Å². The minimum Gasteiger partial charge on any atom is -0.495 e. The van der Waals surface area contributed by atoms with Crippen LogP contribution in [0.4, 0.5) is 5.69 Å². The fraction of sp³-hybridized carbons (Fsp3) is 0.438. The maximum absolute atomic E-state index is 5.62. The number of ether oxygens (including phenoxy) is 2. The summed E-state index contributed by atoms with van der Waals surface area (Å²) >= 11 is 2.32. The standard InChI is InChI=1S/C16H21IN2O2/c1-16(2,10-20-3)13-8-12(9-14(17)15(13)21-4)19-7-5-6-18-11-19/h5-9H,10-11H2,1-4H3. The van der Waals surface area contributed by atoms with Crippen molar-refractivity contribution >= 4 is 34.5 Å². The Morgan fingerprint density at radius 3 is 2.67 bits per heavy atom. The van der Waals surface area contributed by atoms with Gasteiger partial charge in [0.25, 0.3) is 0 Å². The summed E-state index contributed by atoms with van der Waals surface area (Å²) in [4.78, 5) is 6.41. The molecule has 0 unspecified atom stereocenters. The van der Waals surface area contributed by atoms with E-state index in [1.165, 1.54) is 0 Å². The maximum atomic E-state index is 5.62. The quantitative estimate of drug-likeness (QED) is 0.709. The number of anilines is 1. The molecular formula is C16H21IN2O2. The smallest absolute Gasteiger partial charge is 0.136 e. The van der Waals surface area contributed by atoms with E-state index in [1.54, 1.807) is 14.2 Å². The predicted octanol–water partition coefficient (Wildman–Crippen LogP) is 3.59. The largest absolute Gasteiger partial charge is 0.495 e. The van der Waals surface area contributed by atoms with E-state index in [2.05, 4.69) is 58.5 Å². The number of rotatable bonds is 5. The van der Waals surface area contributed by atoms with E-state index in [1.807, 2.05) is 18.5 Å². The van der Waals surface area contributed by atoms with Crippen molar-refractivity contribution < 1.29 is 9.47 Å². The van der Waals surface area contributed by atoms with Gasteiger partial charge in [0.2, 0.25) is 0 Å². The van der Waals surface area contributed by atoms with Crippen LogP contribution in [-0.2, 0) is 10.2 Å². The van der Waals surface area contributed by atoms with Crippen LogP contribution in [0.2, 0.25) is 0 Å². The first-order valence-corrected chi connectivity index (χ1v) is 7.87. The van der Waals surface area contributed by atoms with Crippen LogP contribution >= 0.6 is 22.6 Å². The van der Waals surface area contributed by atoms with Gasteiger partial charge in [-0.15, -0.1) is 0 Å². The van der Waals surface area contributed by atoms with E-state index in [9.17, 15) is 0 Å². The second-order valence-electron chi connectivity index (χ2n) is 5.61. The number of methoxy groups -OCH3 is 2. The Morgan fingerprint density at radius 1 is 1.33 bits per heavy atom. The number of nitrogens with zero attached hydrogens (tertiary/aromatic N) is 2. The van der Waals surface area contributed by atoms with Crippen LogP contribution in [0, 0.1) is 3.57 Å². The zero-order valence-electron chi connectivity index (χ0n) is 12.9. The molecule has 2 rings (SSSR count). The van der Waals surface area contributed by atoms with Crippen LogP contribution < -0.4 is 9.64 Å². The third kappa shape index (κ3) is 3.58. The molecule has 1 aromatic rings. The molecule has 0 aliphatic carbocycles. The molecule has 0 atom stereocenters. The van der Waals surface area contributed by atoms with Gasteiger partial charge in [-0.2, -0.15) is 0 Å². The summed E-state index contributed by atoms with van der Waals surface area (Å²) in [5, 5.41) is 0. The summed E-state index contributed by atoms with van der Waals surface area (Å²) in [6.45, 7) is 5.61. The normalized spacial score (nSPS) is 14.6. The lowest BCUT2D eigenvalue weighted by molar-refractivity contribution is 0.145. The lowest BCUT2D eigenvalue weighted by Crippen LogP contribution is -2.26. The summed E-state index contributed by atoms with van der Waals surface area (Å²) in [6.07, 6.45) is 5.80. The molecule has 0 spiro atoms. The van der Waals surface area contributed by atoms with Crippen molar-refractivity contribution in [3.05, 3.63) is 33.5 Å². The molecule has 1 aliphatic rings. The van der Waals surface area contributed by atoms with E-state index in [0.29, 0.717) is 13.3 Å². The zero-order valence-corrected chi connectivity index (χ0v) is 15.0. The van der Waals surface area contributed by atoms with Crippen LogP contribution in [-0.4, -0.2) is 33.7 Å². The van der Waals surface area contributed by atoms with Gasteiger partial charge >= 0.3 is 0 Å². The van der Waals surface area contributed by atoms with Crippen LogP contribution in [0.3, 0.4) is 0 Å². The Hall–Kier alpha value is -1.08. The Balaban J connectivity index is 2.49. The summed E-state index contributed by atoms with van der Waals surface area (Å²) in [5.41, 5.74) is 2.14. The van der Waals surface area contributed by atoms with Gasteiger partial charge in [0.05, 0.1) is 17.3 Å². The van der Waals surface area contributed by atoms with Gasteiger partial charge in [0.1, 0.15) is 12.4 Å². The lowest BCUT2D eigenvalue weighted by Gasteiger charge is -2.29. The highest BCUT2D eigenvalue weighted by molar-refractivity contribution is 14.1. The molecule has 0 aromatic heterocycles. The fourth-order valence-electron chi connectivity index (χ4n) is 2.45. The van der Waals surface area contributed by atoms with Crippen molar-refractivity contribution in [1.29, 1.82) is 0 Å². The second kappa shape index (κ2) is 6.79. The van der Waals surface area contributed by atoms with Crippen LogP contribution in [0.25, 0.3) is 0 Å². The SMILES string of the molecule is COCC(C)(C)c1cc(N2C=CC=NC2)cc(I)c1OC. The molecule has 0 radical (unpaired) electrons. The Morgan fingerprint density at radius 2 is 2.10 bits per heavy atom. The first kappa shape index (κ1) is 16.3. The first-order chi connectivity index (χ1) is 9.99. The van der Waals surface area contributed by atoms with Crippen LogP contribution in [0.5, 0.6) is 5.75 Å². The molecule has 1 heterocycles. The van der Waals surface area contributed by atoms with E-state index in [0.717, 1.165) is 20.6 Å². The van der Waals surface area contributed by atoms with Crippen LogP contribution in [0.15, 0.2) is 29.4 Å². The Bertz CT molecular complexity index is 568. The van der Waals surface area contributed by atoms with Gasteiger partial charge < -0.3 is 14.4 Å². The fourth-order valence-corrected chi connectivity index (χ4v) is 3.28. The number of aliphatic imine (C=N–C) groups is 1. The van der Waals surface area contributed by atoms with Crippen molar-refractivity contribution in [3.8, 4) is 5.75 Å². The highest BCUT2D eigenvalue weighted by Gasteiger charge is 2.27. The predicted molar refractivity (Wildman–Crippen MR) is 95.6 cm³/mol. The van der Waals surface area contributed by atoms with Gasteiger partial charge in [-0.25, -0.2) is 0 Å². The number of allylic oxidation sites excluding steroid dienone is 1. The van der Waals surface area contributed by atoms with E-state index < -0.39 is 0 Å². The Kier molecular flexibility index (Phi) is 5.27. The molecule has 114 valence electrons. The molecule has 21 heavy (non-hydrogen) atoms. The number of hydrogen-bond donors (Lipinski definition) is 0. The molecular weight excluding hydrogens is 379 g/mol. The van der Waals surface area contributed by atoms with Crippen molar-refractivity contribution in [2.75, 3.05) is 32.4 Å². The number of halogens is 1. The summed E-state index contributed by atoms with van der Waals surface area (Å²) in [7, 11) is 3.44. The van der Waals surface area contributed by atoms with Crippen LogP contribution in [0.1, 0.15) is 19.4 Å². The Labute approximate surface area is 140 Å². The number of hydrogen-bond acceptors (Lipinski definition) is 4. The minimum atomic E-state index is -0.126. The monoisotopic (exact) mass is 400 g/mol. The average Bonchev–Trinajstić information content (AvgIpc) is 2.47. The van der Waals surface area contributed by atoms with Gasteiger partial charge in [-0.3, -0.25) is 4.99 Å². The molecule has 4 nitrogen and oxygen atoms in total. The second-order valence-corrected chi connectivity index (χ2v) is 6.77. The van der Waals surface area contributed by atoms with E-state index >= 15 is 0 Å². The number of benzene rings is 1. The summed E-state index contributed by atoms with van der Waals surface area (Å²) in [5.74, 6) is 0.922. The van der Waals surface area contributed by atoms with Gasteiger partial charge in [-0.1, -0.05) is 13.8 Å². The van der Waals surface area contributed by atoms with Gasteiger partial charge in [-0.05, 0) is 40.8 Å². The van der Waals surface area contributed by atoms with Crippen molar-refractivity contribution in [3.63, 3.8) is 0 Å². The molecule has 0 saturated heterocycles. The lowest BCUT2D eigenvalue weighted by atomic mass is 9.84. The maximum Gasteiger partial charge on any atom is 0.136 e. The third-order valence-electron chi connectivity index (χ3n) is 3.49. The van der Waals surface area contributed by atoms with Crippen molar-refractivity contribution in [2.45, 2.75) is 19.3 Å². The molecule has 0 fully saturated rings.